The van der Waals surface area contributed by atoms with Gasteiger partial charge in [-0.1, -0.05) is 54.6 Å². The number of pyridine rings is 1. The zero-order valence-electron chi connectivity index (χ0n) is 19.5. The van der Waals surface area contributed by atoms with Crippen LogP contribution in [-0.2, 0) is 19.5 Å². The molecule has 5 rings (SSSR count). The molecule has 176 valence electrons. The van der Waals surface area contributed by atoms with Crippen molar-refractivity contribution in [2.24, 2.45) is 0 Å². The summed E-state index contributed by atoms with van der Waals surface area (Å²) in [6, 6.07) is 25.4. The summed E-state index contributed by atoms with van der Waals surface area (Å²) in [5.74, 6) is 0.442. The summed E-state index contributed by atoms with van der Waals surface area (Å²) < 4.78 is 0. The van der Waals surface area contributed by atoms with Crippen LogP contribution >= 0.6 is 0 Å². The van der Waals surface area contributed by atoms with Gasteiger partial charge in [0.05, 0.1) is 24.0 Å². The third kappa shape index (κ3) is 5.53. The van der Waals surface area contributed by atoms with Gasteiger partial charge in [-0.25, -0.2) is 15.4 Å². The van der Waals surface area contributed by atoms with Gasteiger partial charge in [0.2, 0.25) is 5.95 Å². The lowest BCUT2D eigenvalue weighted by molar-refractivity contribution is 0.0630. The minimum absolute atomic E-state index is 0.0237. The molecule has 0 aliphatic heterocycles. The molecule has 2 N–H and O–H groups in total. The number of anilines is 1. The monoisotopic (exact) mass is 464 g/mol. The van der Waals surface area contributed by atoms with E-state index in [1.807, 2.05) is 71.8 Å². The molecule has 0 spiro atoms. The van der Waals surface area contributed by atoms with Crippen molar-refractivity contribution in [1.82, 2.24) is 25.3 Å². The maximum atomic E-state index is 13.7. The molecule has 35 heavy (non-hydrogen) atoms. The lowest BCUT2D eigenvalue weighted by atomic mass is 9.90. The molecule has 1 unspecified atom stereocenters. The van der Waals surface area contributed by atoms with Gasteiger partial charge in [-0.05, 0) is 54.7 Å². The van der Waals surface area contributed by atoms with Crippen molar-refractivity contribution < 1.29 is 4.79 Å². The van der Waals surface area contributed by atoms with Gasteiger partial charge >= 0.3 is 0 Å². The Kier molecular flexibility index (Phi) is 7.05. The van der Waals surface area contributed by atoms with Gasteiger partial charge in [0.25, 0.3) is 5.91 Å². The van der Waals surface area contributed by atoms with Crippen LogP contribution in [0.15, 0.2) is 91.3 Å². The van der Waals surface area contributed by atoms with E-state index in [2.05, 4.69) is 44.0 Å². The number of hydrogen-bond donors (Lipinski definition) is 2. The average molecular weight is 465 g/mol. The summed E-state index contributed by atoms with van der Waals surface area (Å²) in [6.07, 6.45) is 6.40. The molecular formula is C28H28N6O. The highest BCUT2D eigenvalue weighted by Crippen LogP contribution is 2.34. The standard InChI is InChI=1S/C28H28N6O/c35-27(23-11-5-2-6-12-23)34(25-15-7-13-22-14-8-17-29-26(22)25)20-24-16-18-30-28(32-24)33-31-19-21-9-3-1-4-10-21/h1-6,8-12,14,16-18,25,31H,7,13,15,19-20H2,(H,30,32,33). The summed E-state index contributed by atoms with van der Waals surface area (Å²) >= 11 is 0. The first-order chi connectivity index (χ1) is 17.3. The van der Waals surface area contributed by atoms with Crippen LogP contribution in [0.3, 0.4) is 0 Å². The highest BCUT2D eigenvalue weighted by atomic mass is 16.2. The molecular weight excluding hydrogens is 436 g/mol. The lowest BCUT2D eigenvalue weighted by Gasteiger charge is -2.35. The van der Waals surface area contributed by atoms with E-state index in [-0.39, 0.29) is 11.9 Å². The molecule has 1 aliphatic carbocycles. The van der Waals surface area contributed by atoms with Crippen molar-refractivity contribution in [3.05, 3.63) is 119 Å². The van der Waals surface area contributed by atoms with Gasteiger partial charge in [-0.3, -0.25) is 15.2 Å². The fourth-order valence-electron chi connectivity index (χ4n) is 4.50. The molecule has 0 saturated carbocycles. The topological polar surface area (TPSA) is 83.0 Å². The van der Waals surface area contributed by atoms with E-state index >= 15 is 0 Å². The molecule has 0 saturated heterocycles. The normalized spacial score (nSPS) is 14.7. The Labute approximate surface area is 205 Å². The number of carbonyl (C=O) groups excluding carboxylic acids is 1. The summed E-state index contributed by atoms with van der Waals surface area (Å²) in [4.78, 5) is 29.3. The Balaban J connectivity index is 1.37. The number of nitrogens with one attached hydrogen (secondary N) is 2. The number of carbonyl (C=O) groups is 1. The number of aryl methyl sites for hydroxylation is 1. The number of benzene rings is 2. The van der Waals surface area contributed by atoms with E-state index in [4.69, 9.17) is 0 Å². The van der Waals surface area contributed by atoms with Crippen LogP contribution in [0.25, 0.3) is 0 Å². The van der Waals surface area contributed by atoms with Crippen molar-refractivity contribution in [3.8, 4) is 0 Å². The molecule has 7 nitrogen and oxygen atoms in total. The minimum atomic E-state index is -0.102. The zero-order valence-corrected chi connectivity index (χ0v) is 19.5. The fraction of sp³-hybridized carbons (Fsp3) is 0.214. The number of hydrazine groups is 1. The summed E-state index contributed by atoms with van der Waals surface area (Å²) in [6.45, 7) is 1.00. The Bertz CT molecular complexity index is 1260. The predicted molar refractivity (Wildman–Crippen MR) is 135 cm³/mol. The van der Waals surface area contributed by atoms with Gasteiger partial charge in [0, 0.05) is 24.5 Å². The first-order valence-corrected chi connectivity index (χ1v) is 11.9. The molecule has 2 aromatic carbocycles. The second-order valence-electron chi connectivity index (χ2n) is 8.59. The highest BCUT2D eigenvalue weighted by molar-refractivity contribution is 5.94. The quantitative estimate of drug-likeness (QED) is 0.368. The number of fused-ring (bicyclic) bond motifs is 1. The maximum Gasteiger partial charge on any atom is 0.254 e. The Morgan fingerprint density at radius 2 is 1.71 bits per heavy atom. The first-order valence-electron chi connectivity index (χ1n) is 11.9. The molecule has 1 amide bonds. The number of amides is 1. The molecule has 2 heterocycles. The summed E-state index contributed by atoms with van der Waals surface area (Å²) in [7, 11) is 0. The zero-order chi connectivity index (χ0) is 23.9. The van der Waals surface area contributed by atoms with Crippen LogP contribution in [-0.4, -0.2) is 25.8 Å². The Morgan fingerprint density at radius 1 is 0.914 bits per heavy atom. The fourth-order valence-corrected chi connectivity index (χ4v) is 4.50. The van der Waals surface area contributed by atoms with Gasteiger partial charge in [0.1, 0.15) is 0 Å². The van der Waals surface area contributed by atoms with Crippen molar-refractivity contribution in [3.63, 3.8) is 0 Å². The van der Waals surface area contributed by atoms with Crippen molar-refractivity contribution in [2.75, 3.05) is 5.43 Å². The van der Waals surface area contributed by atoms with E-state index in [9.17, 15) is 4.79 Å². The van der Waals surface area contributed by atoms with E-state index in [1.165, 1.54) is 5.56 Å². The minimum Gasteiger partial charge on any atom is -0.324 e. The van der Waals surface area contributed by atoms with Crippen LogP contribution < -0.4 is 10.9 Å². The lowest BCUT2D eigenvalue weighted by Crippen LogP contribution is -2.37. The number of hydrogen-bond acceptors (Lipinski definition) is 6. The third-order valence-electron chi connectivity index (χ3n) is 6.20. The van der Waals surface area contributed by atoms with Gasteiger partial charge < -0.3 is 4.90 Å². The molecule has 0 radical (unpaired) electrons. The maximum absolute atomic E-state index is 13.7. The van der Waals surface area contributed by atoms with E-state index in [0.29, 0.717) is 24.6 Å². The Morgan fingerprint density at radius 3 is 2.54 bits per heavy atom. The molecule has 1 aliphatic rings. The Hall–Kier alpha value is -4.10. The summed E-state index contributed by atoms with van der Waals surface area (Å²) in [5.41, 5.74) is 11.0. The molecule has 4 aromatic rings. The van der Waals surface area contributed by atoms with Crippen LogP contribution in [0.2, 0.25) is 0 Å². The third-order valence-corrected chi connectivity index (χ3v) is 6.20. The van der Waals surface area contributed by atoms with E-state index in [1.54, 1.807) is 6.20 Å². The number of rotatable bonds is 8. The molecule has 0 bridgehead atoms. The molecule has 7 heteroatoms. The smallest absolute Gasteiger partial charge is 0.254 e. The number of nitrogens with zero attached hydrogens (tertiary/aromatic N) is 4. The van der Waals surface area contributed by atoms with E-state index in [0.717, 1.165) is 36.2 Å². The largest absolute Gasteiger partial charge is 0.324 e. The number of aromatic nitrogens is 3. The molecule has 1 atom stereocenters. The van der Waals surface area contributed by atoms with Crippen LogP contribution in [0.1, 0.15) is 51.8 Å². The first kappa shape index (κ1) is 22.7. The predicted octanol–water partition coefficient (Wildman–Crippen LogP) is 4.71. The second kappa shape index (κ2) is 10.9. The van der Waals surface area contributed by atoms with Gasteiger partial charge in [-0.2, -0.15) is 0 Å². The van der Waals surface area contributed by atoms with Crippen LogP contribution in [0.4, 0.5) is 5.95 Å². The van der Waals surface area contributed by atoms with Crippen LogP contribution in [0, 0.1) is 0 Å². The van der Waals surface area contributed by atoms with Crippen molar-refractivity contribution in [2.45, 2.75) is 38.4 Å². The summed E-state index contributed by atoms with van der Waals surface area (Å²) in [5, 5.41) is 0. The van der Waals surface area contributed by atoms with E-state index < -0.39 is 0 Å². The highest BCUT2D eigenvalue weighted by Gasteiger charge is 2.31. The second-order valence-corrected chi connectivity index (χ2v) is 8.59. The van der Waals surface area contributed by atoms with Crippen molar-refractivity contribution in [1.29, 1.82) is 0 Å². The SMILES string of the molecule is O=C(c1ccccc1)N(Cc1ccnc(NNCc2ccccc2)n1)C1CCCc2cccnc21. The van der Waals surface area contributed by atoms with Gasteiger partial charge in [-0.15, -0.1) is 0 Å². The van der Waals surface area contributed by atoms with Crippen LogP contribution in [0.5, 0.6) is 0 Å². The molecule has 0 fully saturated rings. The van der Waals surface area contributed by atoms with Crippen molar-refractivity contribution >= 4 is 11.9 Å². The molecule has 2 aromatic heterocycles. The average Bonchev–Trinajstić information content (AvgIpc) is 2.92. The van der Waals surface area contributed by atoms with Gasteiger partial charge in [0.15, 0.2) is 0 Å².